The number of anilines is 1. The van der Waals surface area contributed by atoms with Crippen LogP contribution in [0.1, 0.15) is 6.42 Å². The van der Waals surface area contributed by atoms with Crippen molar-refractivity contribution in [3.05, 3.63) is 42.5 Å². The van der Waals surface area contributed by atoms with Crippen molar-refractivity contribution >= 4 is 22.9 Å². The highest BCUT2D eigenvalue weighted by Gasteiger charge is 2.16. The summed E-state index contributed by atoms with van der Waals surface area (Å²) in [5, 5.41) is 0. The van der Waals surface area contributed by atoms with Gasteiger partial charge in [-0.1, -0.05) is 18.2 Å². The Labute approximate surface area is 156 Å². The van der Waals surface area contributed by atoms with Gasteiger partial charge in [-0.25, -0.2) is 0 Å². The van der Waals surface area contributed by atoms with Crippen LogP contribution in [0.5, 0.6) is 17.2 Å². The third-order valence-electron chi connectivity index (χ3n) is 3.84. The lowest BCUT2D eigenvalue weighted by Crippen LogP contribution is -2.23. The summed E-state index contributed by atoms with van der Waals surface area (Å²) < 4.78 is 28.2. The molecule has 0 aliphatic heterocycles. The van der Waals surface area contributed by atoms with Gasteiger partial charge in [0.15, 0.2) is 11.5 Å². The summed E-state index contributed by atoms with van der Waals surface area (Å²) in [7, 11) is 3.48. The molecule has 2 aromatic rings. The van der Waals surface area contributed by atoms with E-state index in [9.17, 15) is 9.00 Å². The minimum Gasteiger partial charge on any atom is -0.493 e. The summed E-state index contributed by atoms with van der Waals surface area (Å²) in [6.45, 7) is 0.431. The molecule has 0 N–H and O–H groups in total. The Hall–Kier alpha value is -2.54. The lowest BCUT2D eigenvalue weighted by molar-refractivity contribution is -0.107. The molecule has 0 heterocycles. The van der Waals surface area contributed by atoms with Crippen molar-refractivity contribution in [2.45, 2.75) is 11.3 Å². The van der Waals surface area contributed by atoms with Gasteiger partial charge in [0.2, 0.25) is 12.2 Å². The first-order chi connectivity index (χ1) is 12.6. The van der Waals surface area contributed by atoms with Gasteiger partial charge >= 0.3 is 0 Å². The van der Waals surface area contributed by atoms with Crippen LogP contribution >= 0.6 is 0 Å². The first-order valence-electron chi connectivity index (χ1n) is 8.10. The van der Waals surface area contributed by atoms with Gasteiger partial charge in [-0.15, -0.1) is 0 Å². The number of benzene rings is 2. The predicted octanol–water partition coefficient (Wildman–Crippen LogP) is 2.87. The molecule has 0 fully saturated rings. The molecule has 1 unspecified atom stereocenters. The molecule has 0 bridgehead atoms. The van der Waals surface area contributed by atoms with Crippen LogP contribution in [0, 0.1) is 0 Å². The topological polar surface area (TPSA) is 65.1 Å². The Bertz CT molecular complexity index is 726. The van der Waals surface area contributed by atoms with E-state index in [1.54, 1.807) is 12.1 Å². The van der Waals surface area contributed by atoms with Crippen LogP contribution < -0.4 is 19.1 Å². The molecule has 1 atom stereocenters. The van der Waals surface area contributed by atoms with E-state index in [0.717, 1.165) is 11.3 Å². The maximum absolute atomic E-state index is 12.3. The fourth-order valence-corrected chi connectivity index (χ4v) is 3.62. The zero-order valence-electron chi connectivity index (χ0n) is 15.1. The average Bonchev–Trinajstić information content (AvgIpc) is 2.70. The van der Waals surface area contributed by atoms with E-state index in [1.165, 1.54) is 26.2 Å². The molecule has 26 heavy (non-hydrogen) atoms. The van der Waals surface area contributed by atoms with Crippen molar-refractivity contribution < 1.29 is 23.2 Å². The van der Waals surface area contributed by atoms with Crippen molar-refractivity contribution in [3.8, 4) is 17.2 Å². The highest BCUT2D eigenvalue weighted by atomic mass is 32.2. The Balaban J connectivity index is 2.08. The molecule has 140 valence electrons. The van der Waals surface area contributed by atoms with Gasteiger partial charge in [-0.05, 0) is 18.6 Å². The molecule has 0 aromatic heterocycles. The highest BCUT2D eigenvalue weighted by molar-refractivity contribution is 7.85. The number of amides is 1. The number of ether oxygens (including phenoxy) is 3. The molecule has 2 aromatic carbocycles. The van der Waals surface area contributed by atoms with E-state index in [-0.39, 0.29) is 0 Å². The third-order valence-corrected chi connectivity index (χ3v) is 5.30. The molecule has 0 saturated heterocycles. The summed E-state index contributed by atoms with van der Waals surface area (Å²) in [4.78, 5) is 13.9. The maximum atomic E-state index is 12.3. The Morgan fingerprint density at radius 1 is 1.00 bits per heavy atom. The minimum atomic E-state index is -1.09. The molecule has 0 saturated carbocycles. The SMILES string of the molecule is COc1cc(N(C=O)CCCS(=O)c2ccccc2)cc(OC)c1OC. The Kier molecular flexibility index (Phi) is 7.47. The second-order valence-corrected chi connectivity index (χ2v) is 6.97. The molecule has 0 spiro atoms. The van der Waals surface area contributed by atoms with Crippen LogP contribution in [-0.4, -0.2) is 44.2 Å². The highest BCUT2D eigenvalue weighted by Crippen LogP contribution is 2.40. The molecule has 0 aliphatic rings. The normalized spacial score (nSPS) is 11.5. The third kappa shape index (κ3) is 4.76. The van der Waals surface area contributed by atoms with Crippen molar-refractivity contribution in [3.63, 3.8) is 0 Å². The quantitative estimate of drug-likeness (QED) is 0.596. The van der Waals surface area contributed by atoms with Gasteiger partial charge in [0.05, 0.1) is 37.8 Å². The Morgan fingerprint density at radius 3 is 2.12 bits per heavy atom. The number of hydrogen-bond donors (Lipinski definition) is 0. The van der Waals surface area contributed by atoms with Crippen LogP contribution in [0.3, 0.4) is 0 Å². The summed E-state index contributed by atoms with van der Waals surface area (Å²) in [6, 6.07) is 12.7. The summed E-state index contributed by atoms with van der Waals surface area (Å²) >= 11 is 0. The number of carbonyl (C=O) groups is 1. The van der Waals surface area contributed by atoms with E-state index in [1.807, 2.05) is 30.3 Å². The fourth-order valence-electron chi connectivity index (χ4n) is 2.53. The standard InChI is InChI=1S/C19H23NO5S/c1-23-17-12-15(13-18(24-2)19(17)25-3)20(14-21)10-7-11-26(22)16-8-5-4-6-9-16/h4-6,8-9,12-14H,7,10-11H2,1-3H3. The lowest BCUT2D eigenvalue weighted by atomic mass is 10.2. The molecule has 2 rings (SSSR count). The molecule has 6 nitrogen and oxygen atoms in total. The first kappa shape index (κ1) is 19.8. The van der Waals surface area contributed by atoms with Gasteiger partial charge < -0.3 is 19.1 Å². The molecule has 0 radical (unpaired) electrons. The van der Waals surface area contributed by atoms with Crippen LogP contribution in [-0.2, 0) is 15.6 Å². The van der Waals surface area contributed by atoms with Crippen molar-refractivity contribution in [1.82, 2.24) is 0 Å². The van der Waals surface area contributed by atoms with Crippen molar-refractivity contribution in [2.75, 3.05) is 38.5 Å². The smallest absolute Gasteiger partial charge is 0.214 e. The number of nitrogens with zero attached hydrogens (tertiary/aromatic N) is 1. The van der Waals surface area contributed by atoms with E-state index >= 15 is 0 Å². The van der Waals surface area contributed by atoms with E-state index in [2.05, 4.69) is 0 Å². The number of hydrogen-bond acceptors (Lipinski definition) is 5. The maximum Gasteiger partial charge on any atom is 0.214 e. The van der Waals surface area contributed by atoms with Gasteiger partial charge in [0, 0.05) is 29.3 Å². The van der Waals surface area contributed by atoms with Crippen molar-refractivity contribution in [1.29, 1.82) is 0 Å². The van der Waals surface area contributed by atoms with E-state index in [4.69, 9.17) is 14.2 Å². The van der Waals surface area contributed by atoms with Gasteiger partial charge in [0.1, 0.15) is 0 Å². The van der Waals surface area contributed by atoms with Crippen molar-refractivity contribution in [2.24, 2.45) is 0 Å². The number of methoxy groups -OCH3 is 3. The Morgan fingerprint density at radius 2 is 1.62 bits per heavy atom. The van der Waals surface area contributed by atoms with Crippen LogP contribution in [0.4, 0.5) is 5.69 Å². The summed E-state index contributed by atoms with van der Waals surface area (Å²) in [5.74, 6) is 1.89. The second kappa shape index (κ2) is 9.82. The number of carbonyl (C=O) groups excluding carboxylic acids is 1. The van der Waals surface area contributed by atoms with Gasteiger partial charge in [-0.3, -0.25) is 9.00 Å². The fraction of sp³-hybridized carbons (Fsp3) is 0.316. The van der Waals surface area contributed by atoms with Gasteiger partial charge in [-0.2, -0.15) is 0 Å². The first-order valence-corrected chi connectivity index (χ1v) is 9.41. The van der Waals surface area contributed by atoms with E-state index in [0.29, 0.717) is 41.7 Å². The largest absolute Gasteiger partial charge is 0.493 e. The average molecular weight is 377 g/mol. The molecule has 7 heteroatoms. The molecular weight excluding hydrogens is 354 g/mol. The molecular formula is C19H23NO5S. The predicted molar refractivity (Wildman–Crippen MR) is 102 cm³/mol. The van der Waals surface area contributed by atoms with Crippen LogP contribution in [0.15, 0.2) is 47.4 Å². The molecule has 0 aliphatic carbocycles. The second-order valence-electron chi connectivity index (χ2n) is 5.40. The van der Waals surface area contributed by atoms with Gasteiger partial charge in [0.25, 0.3) is 0 Å². The minimum absolute atomic E-state index is 0.431. The number of rotatable bonds is 10. The summed E-state index contributed by atoms with van der Waals surface area (Å²) in [5.41, 5.74) is 0.625. The lowest BCUT2D eigenvalue weighted by Gasteiger charge is -2.20. The van der Waals surface area contributed by atoms with E-state index < -0.39 is 10.8 Å². The van der Waals surface area contributed by atoms with Crippen LogP contribution in [0.25, 0.3) is 0 Å². The summed E-state index contributed by atoms with van der Waals surface area (Å²) in [6.07, 6.45) is 1.34. The van der Waals surface area contributed by atoms with Crippen LogP contribution in [0.2, 0.25) is 0 Å². The zero-order chi connectivity index (χ0) is 18.9. The monoisotopic (exact) mass is 377 g/mol. The zero-order valence-corrected chi connectivity index (χ0v) is 16.0. The molecule has 1 amide bonds.